The molecule has 1 aromatic heterocycles. The standard InChI is InChI=1S/C22H17ClN2O3S2/c1-2-27-16-7-5-15(6-8-16)24-22-25-21(26)19(30-22)13-17-9-12-20(28-17)29-18-10-3-14(23)4-11-18/h3-13H,2H2,1H3,(H,24,25,26)/b19-13+. The van der Waals surface area contributed by atoms with Crippen LogP contribution in [0.1, 0.15) is 12.7 Å². The molecule has 8 heteroatoms. The predicted molar refractivity (Wildman–Crippen MR) is 123 cm³/mol. The molecule has 2 aromatic carbocycles. The zero-order valence-corrected chi connectivity index (χ0v) is 18.3. The van der Waals surface area contributed by atoms with Crippen LogP contribution in [-0.4, -0.2) is 17.7 Å². The maximum atomic E-state index is 12.3. The number of hydrogen-bond acceptors (Lipinski definition) is 6. The van der Waals surface area contributed by atoms with Gasteiger partial charge in [0.25, 0.3) is 5.91 Å². The van der Waals surface area contributed by atoms with Crippen molar-refractivity contribution < 1.29 is 13.9 Å². The number of benzene rings is 2. The summed E-state index contributed by atoms with van der Waals surface area (Å²) in [5.41, 5.74) is 0.738. The van der Waals surface area contributed by atoms with Gasteiger partial charge in [-0.2, -0.15) is 0 Å². The zero-order chi connectivity index (χ0) is 20.9. The quantitative estimate of drug-likeness (QED) is 0.436. The fourth-order valence-corrected chi connectivity index (χ4v) is 4.32. The summed E-state index contributed by atoms with van der Waals surface area (Å²) >= 11 is 8.68. The number of aliphatic imine (C=N–C) groups is 1. The third kappa shape index (κ3) is 5.30. The predicted octanol–water partition coefficient (Wildman–Crippen LogP) is 6.37. The molecule has 0 spiro atoms. The molecule has 0 aliphatic carbocycles. The van der Waals surface area contributed by atoms with Crippen LogP contribution in [0.2, 0.25) is 5.02 Å². The highest BCUT2D eigenvalue weighted by atomic mass is 35.5. The van der Waals surface area contributed by atoms with E-state index in [9.17, 15) is 4.79 Å². The van der Waals surface area contributed by atoms with Crippen molar-refractivity contribution in [3.05, 3.63) is 76.4 Å². The normalized spacial score (nSPS) is 16.3. The number of amidine groups is 1. The van der Waals surface area contributed by atoms with Gasteiger partial charge in [-0.25, -0.2) is 4.99 Å². The number of thioether (sulfide) groups is 1. The molecule has 1 aliphatic rings. The highest BCUT2D eigenvalue weighted by Crippen LogP contribution is 2.33. The van der Waals surface area contributed by atoms with Crippen LogP contribution in [-0.2, 0) is 4.79 Å². The Kier molecular flexibility index (Phi) is 6.52. The van der Waals surface area contributed by atoms with E-state index in [0.29, 0.717) is 27.5 Å². The van der Waals surface area contributed by atoms with Crippen molar-refractivity contribution in [1.29, 1.82) is 0 Å². The molecule has 1 aliphatic heterocycles. The molecule has 1 saturated heterocycles. The first-order valence-electron chi connectivity index (χ1n) is 9.15. The van der Waals surface area contributed by atoms with Gasteiger partial charge in [-0.15, -0.1) is 0 Å². The largest absolute Gasteiger partial charge is 0.494 e. The Morgan fingerprint density at radius 1 is 1.13 bits per heavy atom. The molecule has 5 nitrogen and oxygen atoms in total. The van der Waals surface area contributed by atoms with Crippen LogP contribution in [0.4, 0.5) is 5.69 Å². The van der Waals surface area contributed by atoms with Gasteiger partial charge in [0.05, 0.1) is 17.2 Å². The number of hydrogen-bond donors (Lipinski definition) is 1. The molecule has 2 heterocycles. The first-order valence-corrected chi connectivity index (χ1v) is 11.2. The molecule has 0 bridgehead atoms. The van der Waals surface area contributed by atoms with Crippen molar-refractivity contribution in [1.82, 2.24) is 5.32 Å². The molecule has 0 radical (unpaired) electrons. The van der Waals surface area contributed by atoms with Crippen molar-refractivity contribution in [2.24, 2.45) is 4.99 Å². The summed E-state index contributed by atoms with van der Waals surface area (Å²) in [6, 6.07) is 18.6. The summed E-state index contributed by atoms with van der Waals surface area (Å²) in [5.74, 6) is 1.19. The summed E-state index contributed by atoms with van der Waals surface area (Å²) in [4.78, 5) is 18.3. The lowest BCUT2D eigenvalue weighted by molar-refractivity contribution is -0.115. The number of rotatable bonds is 6. The van der Waals surface area contributed by atoms with E-state index in [1.165, 1.54) is 23.5 Å². The van der Waals surface area contributed by atoms with Crippen LogP contribution in [0.5, 0.6) is 5.75 Å². The van der Waals surface area contributed by atoms with E-state index >= 15 is 0 Å². The second-order valence-electron chi connectivity index (χ2n) is 6.12. The number of carbonyl (C=O) groups is 1. The summed E-state index contributed by atoms with van der Waals surface area (Å²) in [6.07, 6.45) is 1.71. The van der Waals surface area contributed by atoms with Gasteiger partial charge in [-0.3, -0.25) is 4.79 Å². The van der Waals surface area contributed by atoms with E-state index in [1.54, 1.807) is 6.08 Å². The highest BCUT2D eigenvalue weighted by molar-refractivity contribution is 8.18. The van der Waals surface area contributed by atoms with Crippen molar-refractivity contribution in [3.63, 3.8) is 0 Å². The number of furan rings is 1. The molecule has 30 heavy (non-hydrogen) atoms. The van der Waals surface area contributed by atoms with Gasteiger partial charge in [0.15, 0.2) is 10.3 Å². The van der Waals surface area contributed by atoms with Crippen LogP contribution < -0.4 is 10.1 Å². The van der Waals surface area contributed by atoms with Gasteiger partial charge in [0, 0.05) is 16.0 Å². The number of ether oxygens (including phenoxy) is 1. The fourth-order valence-electron chi connectivity index (χ4n) is 2.60. The minimum atomic E-state index is -0.201. The summed E-state index contributed by atoms with van der Waals surface area (Å²) < 4.78 is 11.2. The van der Waals surface area contributed by atoms with E-state index < -0.39 is 0 Å². The molecule has 0 unspecified atom stereocenters. The minimum absolute atomic E-state index is 0.201. The Hall–Kier alpha value is -2.61. The van der Waals surface area contributed by atoms with E-state index in [-0.39, 0.29) is 5.91 Å². The Labute approximate surface area is 187 Å². The van der Waals surface area contributed by atoms with Crippen LogP contribution in [0.25, 0.3) is 6.08 Å². The third-order valence-electron chi connectivity index (χ3n) is 3.94. The van der Waals surface area contributed by atoms with Gasteiger partial charge in [0.1, 0.15) is 11.5 Å². The number of halogens is 1. The van der Waals surface area contributed by atoms with Crippen LogP contribution >= 0.6 is 35.1 Å². The van der Waals surface area contributed by atoms with Gasteiger partial charge in [-0.05, 0) is 79.3 Å². The SMILES string of the molecule is CCOc1ccc(N=C2NC(=O)/C(=C\c3ccc(Sc4ccc(Cl)cc4)o3)S2)cc1. The first-order chi connectivity index (χ1) is 14.6. The second-order valence-corrected chi connectivity index (χ2v) is 8.67. The molecule has 4 rings (SSSR count). The summed E-state index contributed by atoms with van der Waals surface area (Å²) in [7, 11) is 0. The molecule has 0 saturated carbocycles. The van der Waals surface area contributed by atoms with Crippen molar-refractivity contribution in [3.8, 4) is 5.75 Å². The molecule has 0 atom stereocenters. The molecule has 1 fully saturated rings. The zero-order valence-electron chi connectivity index (χ0n) is 15.9. The van der Waals surface area contributed by atoms with Crippen molar-refractivity contribution in [2.75, 3.05) is 6.61 Å². The Morgan fingerprint density at radius 2 is 1.90 bits per heavy atom. The third-order valence-corrected chi connectivity index (χ3v) is 6.03. The number of nitrogens with one attached hydrogen (secondary N) is 1. The van der Waals surface area contributed by atoms with Gasteiger partial charge in [0.2, 0.25) is 0 Å². The van der Waals surface area contributed by atoms with Crippen molar-refractivity contribution >= 4 is 58.0 Å². The fraction of sp³-hybridized carbons (Fsp3) is 0.0909. The average Bonchev–Trinajstić information content (AvgIpc) is 3.32. The van der Waals surface area contributed by atoms with Gasteiger partial charge >= 0.3 is 0 Å². The highest BCUT2D eigenvalue weighted by Gasteiger charge is 2.24. The minimum Gasteiger partial charge on any atom is -0.494 e. The monoisotopic (exact) mass is 456 g/mol. The lowest BCUT2D eigenvalue weighted by atomic mass is 10.3. The van der Waals surface area contributed by atoms with E-state index in [2.05, 4.69) is 10.3 Å². The molecule has 152 valence electrons. The van der Waals surface area contributed by atoms with Crippen LogP contribution in [0, 0.1) is 0 Å². The number of amides is 1. The van der Waals surface area contributed by atoms with Crippen molar-refractivity contribution in [2.45, 2.75) is 16.9 Å². The molecule has 3 aromatic rings. The molecular formula is C22H17ClN2O3S2. The average molecular weight is 457 g/mol. The summed E-state index contributed by atoms with van der Waals surface area (Å²) in [5, 5.41) is 4.73. The Bertz CT molecular complexity index is 1110. The lowest BCUT2D eigenvalue weighted by Crippen LogP contribution is -2.19. The Morgan fingerprint density at radius 3 is 2.63 bits per heavy atom. The topological polar surface area (TPSA) is 63.8 Å². The van der Waals surface area contributed by atoms with Gasteiger partial charge in [-0.1, -0.05) is 23.4 Å². The Balaban J connectivity index is 1.43. The second kappa shape index (κ2) is 9.47. The molecular weight excluding hydrogens is 440 g/mol. The molecule has 1 N–H and O–H groups in total. The van der Waals surface area contributed by atoms with Crippen LogP contribution in [0.15, 0.2) is 85.0 Å². The lowest BCUT2D eigenvalue weighted by Gasteiger charge is -2.02. The smallest absolute Gasteiger partial charge is 0.264 e. The van der Waals surface area contributed by atoms with Gasteiger partial charge < -0.3 is 14.5 Å². The first kappa shape index (κ1) is 20.7. The van der Waals surface area contributed by atoms with E-state index in [4.69, 9.17) is 20.8 Å². The summed E-state index contributed by atoms with van der Waals surface area (Å²) in [6.45, 7) is 2.55. The maximum Gasteiger partial charge on any atom is 0.264 e. The van der Waals surface area contributed by atoms with E-state index in [0.717, 1.165) is 21.4 Å². The number of carbonyl (C=O) groups excluding carboxylic acids is 1. The maximum absolute atomic E-state index is 12.3. The molecule has 1 amide bonds. The van der Waals surface area contributed by atoms with E-state index in [1.807, 2.05) is 67.6 Å². The van der Waals surface area contributed by atoms with Crippen LogP contribution in [0.3, 0.4) is 0 Å². The number of nitrogens with zero attached hydrogens (tertiary/aromatic N) is 1.